The van der Waals surface area contributed by atoms with Crippen molar-refractivity contribution in [2.75, 3.05) is 0 Å². The van der Waals surface area contributed by atoms with E-state index in [9.17, 15) is 4.79 Å². The van der Waals surface area contributed by atoms with E-state index in [0.29, 0.717) is 12.8 Å². The minimum atomic E-state index is -0.769. The molecule has 0 saturated heterocycles. The van der Waals surface area contributed by atoms with Crippen molar-refractivity contribution in [1.29, 1.82) is 0 Å². The Morgan fingerprint density at radius 3 is 2.65 bits per heavy atom. The zero-order chi connectivity index (χ0) is 15.1. The summed E-state index contributed by atoms with van der Waals surface area (Å²) in [6.07, 6.45) is 11.6. The van der Waals surface area contributed by atoms with Gasteiger partial charge in [0.15, 0.2) is 0 Å². The first-order chi connectivity index (χ1) is 9.63. The summed E-state index contributed by atoms with van der Waals surface area (Å²) >= 11 is 0. The third-order valence-electron chi connectivity index (χ3n) is 2.77. The topological polar surface area (TPSA) is 37.3 Å². The highest BCUT2D eigenvalue weighted by Gasteiger charge is 1.93. The molecule has 0 aromatic heterocycles. The summed E-state index contributed by atoms with van der Waals surface area (Å²) in [5.41, 5.74) is 0. The Bertz CT molecular complexity index is 397. The number of carboxylic acids is 1. The summed E-state index contributed by atoms with van der Waals surface area (Å²) in [7, 11) is 0. The van der Waals surface area contributed by atoms with Crippen molar-refractivity contribution < 1.29 is 9.90 Å². The molecule has 20 heavy (non-hydrogen) atoms. The van der Waals surface area contributed by atoms with Crippen molar-refractivity contribution in [3.8, 4) is 23.7 Å². The van der Waals surface area contributed by atoms with E-state index in [-0.39, 0.29) is 6.42 Å². The van der Waals surface area contributed by atoms with Crippen molar-refractivity contribution >= 4 is 5.97 Å². The first kappa shape index (κ1) is 18.3. The molecule has 0 aliphatic rings. The predicted molar refractivity (Wildman–Crippen MR) is 84.1 cm³/mol. The third-order valence-corrected chi connectivity index (χ3v) is 2.77. The number of aliphatic carboxylic acids is 1. The largest absolute Gasteiger partial charge is 0.481 e. The molecular formula is C18H26O2. The van der Waals surface area contributed by atoms with Crippen LogP contribution in [-0.4, -0.2) is 11.1 Å². The van der Waals surface area contributed by atoms with Gasteiger partial charge in [0, 0.05) is 12.8 Å². The van der Waals surface area contributed by atoms with Crippen LogP contribution in [-0.2, 0) is 4.79 Å². The Morgan fingerprint density at radius 2 is 1.95 bits per heavy atom. The fourth-order valence-electron chi connectivity index (χ4n) is 1.65. The van der Waals surface area contributed by atoms with E-state index < -0.39 is 5.97 Å². The zero-order valence-electron chi connectivity index (χ0n) is 12.7. The fraction of sp³-hybridized carbons (Fsp3) is 0.611. The molecule has 0 unspecified atom stereocenters. The second-order valence-corrected chi connectivity index (χ2v) is 5.25. The molecule has 0 bridgehead atoms. The number of carboxylic acid groups (broad SMARTS) is 1. The highest BCUT2D eigenvalue weighted by Crippen LogP contribution is 2.09. The summed E-state index contributed by atoms with van der Waals surface area (Å²) in [5.74, 6) is 11.2. The van der Waals surface area contributed by atoms with Crippen molar-refractivity contribution in [2.45, 2.75) is 65.2 Å². The number of hydrogen-bond acceptors (Lipinski definition) is 1. The van der Waals surface area contributed by atoms with Gasteiger partial charge in [0.05, 0.1) is 0 Å². The minimum Gasteiger partial charge on any atom is -0.481 e. The molecule has 0 aliphatic heterocycles. The Balaban J connectivity index is 3.49. The average molecular weight is 274 g/mol. The van der Waals surface area contributed by atoms with Crippen LogP contribution in [0.1, 0.15) is 65.2 Å². The van der Waals surface area contributed by atoms with Crippen molar-refractivity contribution in [2.24, 2.45) is 5.92 Å². The van der Waals surface area contributed by atoms with E-state index in [2.05, 4.69) is 43.6 Å². The van der Waals surface area contributed by atoms with Crippen molar-refractivity contribution in [3.05, 3.63) is 12.2 Å². The number of hydrogen-bond donors (Lipinski definition) is 1. The molecule has 0 spiro atoms. The van der Waals surface area contributed by atoms with Gasteiger partial charge >= 0.3 is 5.97 Å². The molecule has 0 radical (unpaired) electrons. The summed E-state index contributed by atoms with van der Waals surface area (Å²) < 4.78 is 0. The maximum Gasteiger partial charge on any atom is 0.303 e. The SMILES string of the molecule is CC(C)CCCCC/C=C/C#CC#CCCCC(=O)O. The van der Waals surface area contributed by atoms with Gasteiger partial charge < -0.3 is 5.11 Å². The van der Waals surface area contributed by atoms with Crippen molar-refractivity contribution in [1.82, 2.24) is 0 Å². The molecule has 2 nitrogen and oxygen atoms in total. The molecule has 1 N–H and O–H groups in total. The zero-order valence-corrected chi connectivity index (χ0v) is 12.7. The van der Waals surface area contributed by atoms with Gasteiger partial charge in [0.1, 0.15) is 0 Å². The van der Waals surface area contributed by atoms with E-state index in [4.69, 9.17) is 5.11 Å². The molecular weight excluding hydrogens is 248 g/mol. The van der Waals surface area contributed by atoms with Crippen LogP contribution in [0, 0.1) is 29.6 Å². The van der Waals surface area contributed by atoms with Crippen molar-refractivity contribution in [3.63, 3.8) is 0 Å². The van der Waals surface area contributed by atoms with Gasteiger partial charge in [0.25, 0.3) is 0 Å². The molecule has 0 aliphatic carbocycles. The molecule has 0 rings (SSSR count). The summed E-state index contributed by atoms with van der Waals surface area (Å²) in [6.45, 7) is 4.52. The van der Waals surface area contributed by atoms with Gasteiger partial charge in [-0.2, -0.15) is 0 Å². The second-order valence-electron chi connectivity index (χ2n) is 5.25. The lowest BCUT2D eigenvalue weighted by atomic mass is 10.0. The number of unbranched alkanes of at least 4 members (excludes halogenated alkanes) is 4. The maximum absolute atomic E-state index is 10.2. The minimum absolute atomic E-state index is 0.179. The second kappa shape index (κ2) is 13.8. The van der Waals surface area contributed by atoms with E-state index in [1.807, 2.05) is 6.08 Å². The summed E-state index contributed by atoms with van der Waals surface area (Å²) in [4.78, 5) is 10.2. The smallest absolute Gasteiger partial charge is 0.303 e. The lowest BCUT2D eigenvalue weighted by Crippen LogP contribution is -1.92. The molecule has 0 atom stereocenters. The summed E-state index contributed by atoms with van der Waals surface area (Å²) in [5, 5.41) is 8.43. The van der Waals surface area contributed by atoms with Gasteiger partial charge in [-0.25, -0.2) is 0 Å². The first-order valence-electron chi connectivity index (χ1n) is 7.48. The van der Waals surface area contributed by atoms with Crippen LogP contribution in [0.3, 0.4) is 0 Å². The molecule has 0 fully saturated rings. The van der Waals surface area contributed by atoms with E-state index >= 15 is 0 Å². The monoisotopic (exact) mass is 274 g/mol. The standard InChI is InChI=1S/C18H26O2/c1-17(2)15-13-11-9-7-5-3-4-6-8-10-12-14-16-18(19)20/h3,5,17H,7,9,11-16H2,1-2H3,(H,19,20)/b5-3+. The predicted octanol–water partition coefficient (Wildman–Crippen LogP) is 4.41. The van der Waals surface area contributed by atoms with Gasteiger partial charge in [0.2, 0.25) is 0 Å². The Morgan fingerprint density at radius 1 is 1.15 bits per heavy atom. The normalized spacial score (nSPS) is 9.95. The van der Waals surface area contributed by atoms with Gasteiger partial charge in [-0.05, 0) is 43.1 Å². The molecule has 0 heterocycles. The highest BCUT2D eigenvalue weighted by atomic mass is 16.4. The lowest BCUT2D eigenvalue weighted by molar-refractivity contribution is -0.137. The first-order valence-corrected chi connectivity index (χ1v) is 7.48. The summed E-state index contributed by atoms with van der Waals surface area (Å²) in [6, 6.07) is 0. The van der Waals surface area contributed by atoms with E-state index in [0.717, 1.165) is 12.3 Å². The molecule has 0 aromatic rings. The van der Waals surface area contributed by atoms with Gasteiger partial charge in [-0.1, -0.05) is 51.0 Å². The van der Waals surface area contributed by atoms with Crippen LogP contribution in [0.15, 0.2) is 12.2 Å². The van der Waals surface area contributed by atoms with Gasteiger partial charge in [-0.15, -0.1) is 0 Å². The Kier molecular flexibility index (Phi) is 12.6. The quantitative estimate of drug-likeness (QED) is 0.499. The fourth-order valence-corrected chi connectivity index (χ4v) is 1.65. The number of allylic oxidation sites excluding steroid dienone is 2. The Hall–Kier alpha value is -1.67. The third kappa shape index (κ3) is 16.3. The van der Waals surface area contributed by atoms with Crippen LogP contribution in [0.2, 0.25) is 0 Å². The Labute approximate surface area is 123 Å². The van der Waals surface area contributed by atoms with E-state index in [1.54, 1.807) is 0 Å². The van der Waals surface area contributed by atoms with Gasteiger partial charge in [-0.3, -0.25) is 4.79 Å². The maximum atomic E-state index is 10.2. The lowest BCUT2D eigenvalue weighted by Gasteiger charge is -2.02. The van der Waals surface area contributed by atoms with E-state index in [1.165, 1.54) is 25.7 Å². The van der Waals surface area contributed by atoms with Crippen LogP contribution in [0.5, 0.6) is 0 Å². The van der Waals surface area contributed by atoms with Crippen LogP contribution in [0.4, 0.5) is 0 Å². The number of carbonyl (C=O) groups is 1. The molecule has 110 valence electrons. The molecule has 0 amide bonds. The van der Waals surface area contributed by atoms with Crippen LogP contribution in [0.25, 0.3) is 0 Å². The van der Waals surface area contributed by atoms with Crippen LogP contribution < -0.4 is 0 Å². The van der Waals surface area contributed by atoms with Crippen LogP contribution >= 0.6 is 0 Å². The average Bonchev–Trinajstić information content (AvgIpc) is 2.38. The molecule has 2 heteroatoms. The molecule has 0 saturated carbocycles. The number of rotatable bonds is 9. The molecule has 0 aromatic carbocycles. The highest BCUT2D eigenvalue weighted by molar-refractivity contribution is 5.66.